The van der Waals surface area contributed by atoms with Crippen LogP contribution in [0.1, 0.15) is 11.1 Å². The van der Waals surface area contributed by atoms with Gasteiger partial charge in [0.15, 0.2) is 0 Å². The SMILES string of the molecule is COc1c2ccccc2c(OC)c2cc(Sc3ccc(S(C)(c4ccc(C)cc4)c4ccc(C)cc4)cc3)ccc12. The van der Waals surface area contributed by atoms with Crippen LogP contribution in [0.5, 0.6) is 11.5 Å². The fourth-order valence-corrected chi connectivity index (χ4v) is 9.24. The van der Waals surface area contributed by atoms with E-state index in [1.165, 1.54) is 30.7 Å². The summed E-state index contributed by atoms with van der Waals surface area (Å²) in [6, 6.07) is 42.1. The predicted octanol–water partition coefficient (Wildman–Crippen LogP) is 10.7. The summed E-state index contributed by atoms with van der Waals surface area (Å²) < 4.78 is 11.8. The van der Waals surface area contributed by atoms with Crippen molar-refractivity contribution < 1.29 is 9.47 Å². The molecule has 4 heteroatoms. The molecule has 206 valence electrons. The summed E-state index contributed by atoms with van der Waals surface area (Å²) in [5.41, 5.74) is 2.56. The standard InChI is InChI=1S/C37H34O2S2/c1-25-10-17-29(18-11-25)41(5,30-19-12-26(2)13-20-30)31-21-14-27(15-22-31)40-28-16-23-34-35(24-28)37(39-4)33-9-7-6-8-32(33)36(34)38-3/h6-24H,1-5H3. The largest absolute Gasteiger partial charge is 0.495 e. The fourth-order valence-electron chi connectivity index (χ4n) is 5.53. The lowest BCUT2D eigenvalue weighted by atomic mass is 10.0. The average molecular weight is 575 g/mol. The Labute approximate surface area is 248 Å². The Morgan fingerprint density at radius 1 is 0.488 bits per heavy atom. The highest BCUT2D eigenvalue weighted by atomic mass is 32.3. The maximum Gasteiger partial charge on any atom is 0.134 e. The summed E-state index contributed by atoms with van der Waals surface area (Å²) in [7, 11) is 2.08. The number of hydrogen-bond acceptors (Lipinski definition) is 3. The molecular weight excluding hydrogens is 541 g/mol. The number of ether oxygens (including phenoxy) is 2. The molecular formula is C37H34O2S2. The Balaban J connectivity index is 1.38. The number of aryl methyl sites for hydroxylation is 2. The van der Waals surface area contributed by atoms with Crippen LogP contribution in [-0.2, 0) is 0 Å². The molecule has 6 aromatic rings. The molecule has 2 nitrogen and oxygen atoms in total. The van der Waals surface area contributed by atoms with Crippen LogP contribution in [0.25, 0.3) is 21.5 Å². The van der Waals surface area contributed by atoms with Gasteiger partial charge < -0.3 is 9.47 Å². The van der Waals surface area contributed by atoms with E-state index in [0.717, 1.165) is 37.9 Å². The lowest BCUT2D eigenvalue weighted by Gasteiger charge is -2.38. The highest BCUT2D eigenvalue weighted by Crippen LogP contribution is 2.65. The summed E-state index contributed by atoms with van der Waals surface area (Å²) in [5.74, 6) is 1.76. The maximum absolute atomic E-state index is 5.94. The Hall–Kier alpha value is -3.86. The zero-order valence-corrected chi connectivity index (χ0v) is 25.7. The van der Waals surface area contributed by atoms with E-state index >= 15 is 0 Å². The fraction of sp³-hybridized carbons (Fsp3) is 0.135. The molecule has 0 N–H and O–H groups in total. The van der Waals surface area contributed by atoms with Gasteiger partial charge in [-0.2, -0.15) is 10.0 Å². The maximum atomic E-state index is 5.94. The van der Waals surface area contributed by atoms with Crippen molar-refractivity contribution in [3.8, 4) is 11.5 Å². The minimum atomic E-state index is -1.40. The molecule has 0 aliphatic heterocycles. The van der Waals surface area contributed by atoms with Crippen LogP contribution in [0.2, 0.25) is 0 Å². The Morgan fingerprint density at radius 3 is 1.39 bits per heavy atom. The minimum absolute atomic E-state index is 0.879. The van der Waals surface area contributed by atoms with Gasteiger partial charge in [0.05, 0.1) is 14.2 Å². The van der Waals surface area contributed by atoms with E-state index in [-0.39, 0.29) is 0 Å². The van der Waals surface area contributed by atoms with Gasteiger partial charge in [-0.15, -0.1) is 0 Å². The predicted molar refractivity (Wildman–Crippen MR) is 176 cm³/mol. The molecule has 0 aliphatic rings. The monoisotopic (exact) mass is 574 g/mol. The number of fused-ring (bicyclic) bond motifs is 2. The van der Waals surface area contributed by atoms with Crippen LogP contribution in [0.3, 0.4) is 0 Å². The summed E-state index contributed by atoms with van der Waals surface area (Å²) in [6.07, 6.45) is 2.41. The molecule has 0 saturated heterocycles. The Kier molecular flexibility index (Phi) is 7.46. The number of hydrogen-bond donors (Lipinski definition) is 0. The zero-order chi connectivity index (χ0) is 28.6. The second kappa shape index (κ2) is 11.2. The molecule has 0 saturated carbocycles. The van der Waals surface area contributed by atoms with Crippen LogP contribution in [0.4, 0.5) is 0 Å². The van der Waals surface area contributed by atoms with Crippen molar-refractivity contribution in [2.75, 3.05) is 20.5 Å². The summed E-state index contributed by atoms with van der Waals surface area (Å²) in [4.78, 5) is 6.46. The molecule has 0 aromatic heterocycles. The van der Waals surface area contributed by atoms with Crippen molar-refractivity contribution in [3.05, 3.63) is 126 Å². The van der Waals surface area contributed by atoms with E-state index in [4.69, 9.17) is 9.47 Å². The number of rotatable bonds is 7. The first-order valence-electron chi connectivity index (χ1n) is 13.7. The first-order valence-corrected chi connectivity index (χ1v) is 16.5. The van der Waals surface area contributed by atoms with Gasteiger partial charge in [-0.05, 0) is 102 Å². The third-order valence-electron chi connectivity index (χ3n) is 7.82. The minimum Gasteiger partial charge on any atom is -0.495 e. The van der Waals surface area contributed by atoms with E-state index in [2.05, 4.69) is 123 Å². The average Bonchev–Trinajstić information content (AvgIpc) is 3.00. The highest BCUT2D eigenvalue weighted by molar-refractivity contribution is 8.33. The number of methoxy groups -OCH3 is 2. The molecule has 0 radical (unpaired) electrons. The Morgan fingerprint density at radius 2 is 0.902 bits per heavy atom. The molecule has 0 fully saturated rings. The molecule has 6 rings (SSSR count). The summed E-state index contributed by atoms with van der Waals surface area (Å²) in [5, 5.41) is 4.22. The van der Waals surface area contributed by atoms with Crippen molar-refractivity contribution in [1.29, 1.82) is 0 Å². The molecule has 0 spiro atoms. The molecule has 0 atom stereocenters. The highest BCUT2D eigenvalue weighted by Gasteiger charge is 2.26. The topological polar surface area (TPSA) is 18.5 Å². The van der Waals surface area contributed by atoms with Crippen LogP contribution < -0.4 is 9.47 Å². The molecule has 0 amide bonds. The van der Waals surface area contributed by atoms with Gasteiger partial charge in [-0.25, -0.2) is 0 Å². The first-order chi connectivity index (χ1) is 19.9. The van der Waals surface area contributed by atoms with Crippen LogP contribution in [0.15, 0.2) is 140 Å². The lowest BCUT2D eigenvalue weighted by Crippen LogP contribution is -2.02. The van der Waals surface area contributed by atoms with E-state index in [9.17, 15) is 0 Å². The van der Waals surface area contributed by atoms with Crippen LogP contribution >= 0.6 is 21.8 Å². The molecule has 6 aromatic carbocycles. The van der Waals surface area contributed by atoms with Crippen molar-refractivity contribution in [3.63, 3.8) is 0 Å². The lowest BCUT2D eigenvalue weighted by molar-refractivity contribution is 0.417. The van der Waals surface area contributed by atoms with Crippen LogP contribution in [-0.4, -0.2) is 20.5 Å². The normalized spacial score (nSPS) is 12.0. The first kappa shape index (κ1) is 27.3. The molecule has 0 unspecified atom stereocenters. The summed E-state index contributed by atoms with van der Waals surface area (Å²) in [6.45, 7) is 4.30. The van der Waals surface area contributed by atoms with Crippen molar-refractivity contribution in [2.45, 2.75) is 38.3 Å². The molecule has 41 heavy (non-hydrogen) atoms. The molecule has 0 aliphatic carbocycles. The smallest absolute Gasteiger partial charge is 0.134 e. The van der Waals surface area contributed by atoms with Gasteiger partial charge in [0, 0.05) is 31.3 Å². The van der Waals surface area contributed by atoms with Crippen molar-refractivity contribution in [1.82, 2.24) is 0 Å². The van der Waals surface area contributed by atoms with E-state index < -0.39 is 10.0 Å². The van der Waals surface area contributed by atoms with Crippen molar-refractivity contribution >= 4 is 43.3 Å². The van der Waals surface area contributed by atoms with Gasteiger partial charge >= 0.3 is 0 Å². The van der Waals surface area contributed by atoms with Gasteiger partial charge in [-0.1, -0.05) is 71.4 Å². The van der Waals surface area contributed by atoms with E-state index in [1.54, 1.807) is 26.0 Å². The molecule has 0 bridgehead atoms. The van der Waals surface area contributed by atoms with E-state index in [0.29, 0.717) is 0 Å². The molecule has 0 heterocycles. The second-order valence-electron chi connectivity index (χ2n) is 10.4. The third-order valence-corrected chi connectivity index (χ3v) is 12.5. The summed E-state index contributed by atoms with van der Waals surface area (Å²) >= 11 is 1.77. The Bertz CT molecular complexity index is 1800. The third kappa shape index (κ3) is 4.96. The van der Waals surface area contributed by atoms with Gasteiger partial charge in [-0.3, -0.25) is 0 Å². The van der Waals surface area contributed by atoms with E-state index in [1.807, 2.05) is 12.1 Å². The van der Waals surface area contributed by atoms with Gasteiger partial charge in [0.1, 0.15) is 11.5 Å². The van der Waals surface area contributed by atoms with Gasteiger partial charge in [0.2, 0.25) is 0 Å². The zero-order valence-electron chi connectivity index (χ0n) is 24.1. The quantitative estimate of drug-likeness (QED) is 0.177. The second-order valence-corrected chi connectivity index (χ2v) is 14.8. The number of benzene rings is 6. The van der Waals surface area contributed by atoms with Gasteiger partial charge in [0.25, 0.3) is 0 Å². The van der Waals surface area contributed by atoms with Crippen molar-refractivity contribution in [2.24, 2.45) is 0 Å². The van der Waals surface area contributed by atoms with Crippen LogP contribution in [0, 0.1) is 13.8 Å².